The number of nitrogens with one attached hydrogen (secondary N) is 1. The second kappa shape index (κ2) is 7.18. The fraction of sp³-hybridized carbons (Fsp3) is 0.600. The fourth-order valence-electron chi connectivity index (χ4n) is 2.48. The number of carbonyl (C=O) groups is 1. The Morgan fingerprint density at radius 2 is 2.15 bits per heavy atom. The fourth-order valence-corrected chi connectivity index (χ4v) is 2.90. The van der Waals surface area contributed by atoms with Gasteiger partial charge in [0.15, 0.2) is 0 Å². The predicted molar refractivity (Wildman–Crippen MR) is 83.2 cm³/mol. The summed E-state index contributed by atoms with van der Waals surface area (Å²) in [4.78, 5) is 18.1. The van der Waals surface area contributed by atoms with Crippen LogP contribution >= 0.6 is 15.9 Å². The van der Waals surface area contributed by atoms with Crippen LogP contribution in [-0.4, -0.2) is 34.9 Å². The van der Waals surface area contributed by atoms with Gasteiger partial charge in [0.25, 0.3) is 0 Å². The van der Waals surface area contributed by atoms with E-state index in [0.29, 0.717) is 6.04 Å². The van der Waals surface area contributed by atoms with E-state index in [1.807, 2.05) is 24.9 Å². The van der Waals surface area contributed by atoms with E-state index in [2.05, 4.69) is 32.3 Å². The third-order valence-corrected chi connectivity index (χ3v) is 4.09. The van der Waals surface area contributed by atoms with Gasteiger partial charge in [0, 0.05) is 48.5 Å². The second-order valence-electron chi connectivity index (χ2n) is 5.65. The molecule has 0 saturated carbocycles. The molecule has 1 N–H and O–H groups in total. The lowest BCUT2D eigenvalue weighted by atomic mass is 10.0. The van der Waals surface area contributed by atoms with Gasteiger partial charge < -0.3 is 10.2 Å². The van der Waals surface area contributed by atoms with Crippen molar-refractivity contribution in [3.63, 3.8) is 0 Å². The molecule has 0 aromatic carbocycles. The Labute approximate surface area is 129 Å². The highest BCUT2D eigenvalue weighted by Gasteiger charge is 2.23. The zero-order valence-electron chi connectivity index (χ0n) is 12.1. The normalized spacial score (nSPS) is 16.7. The van der Waals surface area contributed by atoms with Crippen LogP contribution in [0.4, 0.5) is 0 Å². The van der Waals surface area contributed by atoms with Crippen LogP contribution in [-0.2, 0) is 11.3 Å². The molecule has 1 aromatic rings. The molecule has 1 amide bonds. The first-order chi connectivity index (χ1) is 9.56. The highest BCUT2D eigenvalue weighted by Crippen LogP contribution is 2.14. The highest BCUT2D eigenvalue weighted by molar-refractivity contribution is 9.10. The van der Waals surface area contributed by atoms with Crippen molar-refractivity contribution >= 4 is 21.8 Å². The lowest BCUT2D eigenvalue weighted by molar-refractivity contribution is -0.135. The van der Waals surface area contributed by atoms with Crippen molar-refractivity contribution in [1.82, 2.24) is 15.2 Å². The number of hydrogen-bond acceptors (Lipinski definition) is 3. The van der Waals surface area contributed by atoms with Gasteiger partial charge >= 0.3 is 0 Å². The smallest absolute Gasteiger partial charge is 0.225 e. The van der Waals surface area contributed by atoms with Crippen molar-refractivity contribution in [3.05, 3.63) is 28.5 Å². The van der Waals surface area contributed by atoms with Gasteiger partial charge in [-0.3, -0.25) is 9.78 Å². The summed E-state index contributed by atoms with van der Waals surface area (Å²) < 4.78 is 1.01. The minimum absolute atomic E-state index is 0.104. The van der Waals surface area contributed by atoms with E-state index in [1.165, 1.54) is 5.56 Å². The molecular formula is C15H22BrN3O. The molecule has 0 spiro atoms. The number of likely N-dealkylation sites (tertiary alicyclic amines) is 1. The quantitative estimate of drug-likeness (QED) is 0.916. The van der Waals surface area contributed by atoms with Crippen LogP contribution < -0.4 is 5.32 Å². The van der Waals surface area contributed by atoms with Crippen LogP contribution in [0.1, 0.15) is 32.3 Å². The lowest BCUT2D eigenvalue weighted by Gasteiger charge is -2.33. The maximum Gasteiger partial charge on any atom is 0.225 e. The zero-order valence-corrected chi connectivity index (χ0v) is 13.7. The molecule has 0 atom stereocenters. The molecule has 0 bridgehead atoms. The van der Waals surface area contributed by atoms with Gasteiger partial charge in [-0.15, -0.1) is 0 Å². The van der Waals surface area contributed by atoms with Gasteiger partial charge in [0.05, 0.1) is 0 Å². The van der Waals surface area contributed by atoms with E-state index in [0.717, 1.165) is 36.9 Å². The van der Waals surface area contributed by atoms with Crippen LogP contribution in [0, 0.1) is 5.92 Å². The topological polar surface area (TPSA) is 45.2 Å². The number of nitrogens with zero attached hydrogens (tertiary/aromatic N) is 2. The molecule has 0 radical (unpaired) electrons. The number of aromatic nitrogens is 1. The van der Waals surface area contributed by atoms with Crippen molar-refractivity contribution in [2.45, 2.75) is 39.3 Å². The van der Waals surface area contributed by atoms with Crippen molar-refractivity contribution in [3.8, 4) is 0 Å². The van der Waals surface area contributed by atoms with Crippen molar-refractivity contribution in [1.29, 1.82) is 0 Å². The molecule has 2 rings (SSSR count). The molecule has 1 aliphatic heterocycles. The molecule has 1 saturated heterocycles. The molecule has 110 valence electrons. The number of amides is 1. The third kappa shape index (κ3) is 4.28. The molecular weight excluding hydrogens is 318 g/mol. The van der Waals surface area contributed by atoms with Crippen LogP contribution in [0.15, 0.2) is 22.9 Å². The first-order valence-corrected chi connectivity index (χ1v) is 7.97. The lowest BCUT2D eigenvalue weighted by Crippen LogP contribution is -2.45. The largest absolute Gasteiger partial charge is 0.342 e. The van der Waals surface area contributed by atoms with Gasteiger partial charge in [-0.1, -0.05) is 13.8 Å². The van der Waals surface area contributed by atoms with E-state index >= 15 is 0 Å². The monoisotopic (exact) mass is 339 g/mol. The minimum atomic E-state index is 0.104. The Bertz CT molecular complexity index is 456. The average molecular weight is 340 g/mol. The van der Waals surface area contributed by atoms with Crippen LogP contribution in [0.5, 0.6) is 0 Å². The van der Waals surface area contributed by atoms with E-state index in [1.54, 1.807) is 6.20 Å². The molecule has 4 nitrogen and oxygen atoms in total. The Morgan fingerprint density at radius 1 is 1.45 bits per heavy atom. The minimum Gasteiger partial charge on any atom is -0.342 e. The number of piperidine rings is 1. The van der Waals surface area contributed by atoms with E-state index < -0.39 is 0 Å². The summed E-state index contributed by atoms with van der Waals surface area (Å²) in [7, 11) is 0. The zero-order chi connectivity index (χ0) is 14.5. The summed E-state index contributed by atoms with van der Waals surface area (Å²) in [5.74, 6) is 0.381. The first-order valence-electron chi connectivity index (χ1n) is 7.18. The maximum atomic E-state index is 11.9. The number of carbonyl (C=O) groups excluding carboxylic acids is 1. The molecule has 1 fully saturated rings. The predicted octanol–water partition coefficient (Wildman–Crippen LogP) is 2.58. The summed E-state index contributed by atoms with van der Waals surface area (Å²) in [5.41, 5.74) is 1.18. The summed E-state index contributed by atoms with van der Waals surface area (Å²) >= 11 is 3.43. The summed E-state index contributed by atoms with van der Waals surface area (Å²) in [5, 5.41) is 3.56. The Balaban J connectivity index is 1.76. The van der Waals surface area contributed by atoms with Crippen LogP contribution in [0.3, 0.4) is 0 Å². The number of halogens is 1. The van der Waals surface area contributed by atoms with Gasteiger partial charge in [-0.05, 0) is 40.4 Å². The molecule has 1 aromatic heterocycles. The van der Waals surface area contributed by atoms with Gasteiger partial charge in [-0.2, -0.15) is 0 Å². The Kier molecular flexibility index (Phi) is 5.54. The van der Waals surface area contributed by atoms with Crippen LogP contribution in [0.2, 0.25) is 0 Å². The second-order valence-corrected chi connectivity index (χ2v) is 6.56. The van der Waals surface area contributed by atoms with E-state index in [9.17, 15) is 4.79 Å². The summed E-state index contributed by atoms with van der Waals surface area (Å²) in [6.07, 6.45) is 5.73. The van der Waals surface area contributed by atoms with Gasteiger partial charge in [-0.25, -0.2) is 0 Å². The number of hydrogen-bond donors (Lipinski definition) is 1. The third-order valence-electron chi connectivity index (χ3n) is 3.66. The maximum absolute atomic E-state index is 11.9. The summed E-state index contributed by atoms with van der Waals surface area (Å²) in [6.45, 7) is 6.49. The molecule has 0 unspecified atom stereocenters. The number of pyridine rings is 1. The Morgan fingerprint density at radius 3 is 2.75 bits per heavy atom. The number of rotatable bonds is 4. The average Bonchev–Trinajstić information content (AvgIpc) is 2.45. The van der Waals surface area contributed by atoms with Gasteiger partial charge in [0.1, 0.15) is 0 Å². The molecule has 2 heterocycles. The summed E-state index contributed by atoms with van der Waals surface area (Å²) in [6, 6.07) is 2.57. The van der Waals surface area contributed by atoms with Crippen molar-refractivity contribution < 1.29 is 4.79 Å². The molecule has 1 aliphatic rings. The first kappa shape index (κ1) is 15.4. The highest BCUT2D eigenvalue weighted by atomic mass is 79.9. The SMILES string of the molecule is CC(C)C(=O)N1CCC(NCc2cncc(Br)c2)CC1. The van der Waals surface area contributed by atoms with Gasteiger partial charge in [0.2, 0.25) is 5.91 Å². The molecule has 20 heavy (non-hydrogen) atoms. The van der Waals surface area contributed by atoms with Crippen molar-refractivity contribution in [2.75, 3.05) is 13.1 Å². The molecule has 0 aliphatic carbocycles. The Hall–Kier alpha value is -0.940. The van der Waals surface area contributed by atoms with Crippen molar-refractivity contribution in [2.24, 2.45) is 5.92 Å². The standard InChI is InChI=1S/C15H22BrN3O/c1-11(2)15(20)19-5-3-14(4-6-19)18-9-12-7-13(16)10-17-8-12/h7-8,10-11,14,18H,3-6,9H2,1-2H3. The van der Waals surface area contributed by atoms with Crippen LogP contribution in [0.25, 0.3) is 0 Å². The molecule has 5 heteroatoms. The van der Waals surface area contributed by atoms with E-state index in [4.69, 9.17) is 0 Å². The van der Waals surface area contributed by atoms with E-state index in [-0.39, 0.29) is 11.8 Å².